The number of carbonyl (C=O) groups is 1. The zero-order valence-electron chi connectivity index (χ0n) is 10.6. The van der Waals surface area contributed by atoms with Crippen LogP contribution in [0.25, 0.3) is 0 Å². The Hall–Kier alpha value is -2.50. The standard InChI is InChI=1S/C14H12F2N2O2/c1-8(9-5-6-10(15)11(16)7-9)17-14(20)12-3-2-4-13(19)18-12/h2-8H,1H3,(H,17,20)(H,18,19). The third-order valence-electron chi connectivity index (χ3n) is 2.80. The summed E-state index contributed by atoms with van der Waals surface area (Å²) in [6.45, 7) is 1.63. The van der Waals surface area contributed by atoms with Gasteiger partial charge >= 0.3 is 0 Å². The van der Waals surface area contributed by atoms with Crippen LogP contribution in [0.3, 0.4) is 0 Å². The molecule has 0 radical (unpaired) electrons. The van der Waals surface area contributed by atoms with Crippen molar-refractivity contribution in [2.75, 3.05) is 0 Å². The molecule has 0 bridgehead atoms. The van der Waals surface area contributed by atoms with E-state index in [1.165, 1.54) is 24.3 Å². The van der Waals surface area contributed by atoms with Crippen LogP contribution in [-0.4, -0.2) is 10.9 Å². The van der Waals surface area contributed by atoms with Gasteiger partial charge in [-0.1, -0.05) is 12.1 Å². The van der Waals surface area contributed by atoms with Crippen molar-refractivity contribution in [2.24, 2.45) is 0 Å². The first-order valence-electron chi connectivity index (χ1n) is 5.92. The number of benzene rings is 1. The lowest BCUT2D eigenvalue weighted by molar-refractivity contribution is 0.0934. The number of aromatic nitrogens is 1. The van der Waals surface area contributed by atoms with Gasteiger partial charge in [0.05, 0.1) is 6.04 Å². The van der Waals surface area contributed by atoms with Gasteiger partial charge in [0, 0.05) is 6.07 Å². The van der Waals surface area contributed by atoms with Crippen molar-refractivity contribution in [1.82, 2.24) is 10.3 Å². The molecule has 1 unspecified atom stereocenters. The molecule has 1 heterocycles. The fraction of sp³-hybridized carbons (Fsp3) is 0.143. The maximum absolute atomic E-state index is 13.1. The Morgan fingerprint density at radius 3 is 2.60 bits per heavy atom. The van der Waals surface area contributed by atoms with Crippen LogP contribution in [0.15, 0.2) is 41.2 Å². The predicted octanol–water partition coefficient (Wildman–Crippen LogP) is 2.14. The summed E-state index contributed by atoms with van der Waals surface area (Å²) >= 11 is 0. The maximum atomic E-state index is 13.1. The van der Waals surface area contributed by atoms with Gasteiger partial charge < -0.3 is 10.3 Å². The molecule has 20 heavy (non-hydrogen) atoms. The van der Waals surface area contributed by atoms with Gasteiger partial charge in [-0.25, -0.2) is 8.78 Å². The van der Waals surface area contributed by atoms with Gasteiger partial charge in [0.1, 0.15) is 5.69 Å². The van der Waals surface area contributed by atoms with Crippen LogP contribution in [0.4, 0.5) is 8.78 Å². The Morgan fingerprint density at radius 1 is 1.20 bits per heavy atom. The largest absolute Gasteiger partial charge is 0.344 e. The molecule has 0 aliphatic heterocycles. The van der Waals surface area contributed by atoms with Crippen LogP contribution in [0.1, 0.15) is 29.0 Å². The Balaban J connectivity index is 2.14. The summed E-state index contributed by atoms with van der Waals surface area (Å²) in [5.74, 6) is -2.42. The summed E-state index contributed by atoms with van der Waals surface area (Å²) < 4.78 is 25.9. The molecular weight excluding hydrogens is 266 g/mol. The summed E-state index contributed by atoms with van der Waals surface area (Å²) in [6.07, 6.45) is 0. The number of nitrogens with one attached hydrogen (secondary N) is 2. The first-order valence-corrected chi connectivity index (χ1v) is 5.92. The summed E-state index contributed by atoms with van der Waals surface area (Å²) in [4.78, 5) is 25.4. The molecule has 0 fully saturated rings. The molecule has 0 aliphatic rings. The van der Waals surface area contributed by atoms with Crippen LogP contribution in [0.5, 0.6) is 0 Å². The van der Waals surface area contributed by atoms with Crippen LogP contribution < -0.4 is 10.9 Å². The number of amides is 1. The number of pyridine rings is 1. The molecule has 0 saturated carbocycles. The highest BCUT2D eigenvalue weighted by Crippen LogP contribution is 2.16. The van der Waals surface area contributed by atoms with Crippen molar-refractivity contribution < 1.29 is 13.6 Å². The lowest BCUT2D eigenvalue weighted by Gasteiger charge is -2.14. The SMILES string of the molecule is CC(NC(=O)c1cccc(=O)[nH]1)c1ccc(F)c(F)c1. The highest BCUT2D eigenvalue weighted by molar-refractivity contribution is 5.92. The summed E-state index contributed by atoms with van der Waals surface area (Å²) in [5, 5.41) is 2.59. The number of carbonyl (C=O) groups excluding carboxylic acids is 1. The number of rotatable bonds is 3. The van der Waals surface area contributed by atoms with E-state index in [0.29, 0.717) is 5.56 Å². The van der Waals surface area contributed by atoms with E-state index >= 15 is 0 Å². The Kier molecular flexibility index (Phi) is 3.93. The molecule has 6 heteroatoms. The highest BCUT2D eigenvalue weighted by atomic mass is 19.2. The fourth-order valence-electron chi connectivity index (χ4n) is 1.72. The molecule has 1 aromatic carbocycles. The third kappa shape index (κ3) is 3.09. The summed E-state index contributed by atoms with van der Waals surface area (Å²) in [5.41, 5.74) is 0.139. The molecule has 0 aliphatic carbocycles. The van der Waals surface area contributed by atoms with E-state index in [1.807, 2.05) is 0 Å². The molecule has 0 saturated heterocycles. The molecule has 1 amide bonds. The fourth-order valence-corrected chi connectivity index (χ4v) is 1.72. The number of halogens is 2. The van der Waals surface area contributed by atoms with Crippen molar-refractivity contribution in [3.63, 3.8) is 0 Å². The van der Waals surface area contributed by atoms with E-state index < -0.39 is 29.1 Å². The van der Waals surface area contributed by atoms with E-state index in [-0.39, 0.29) is 5.69 Å². The molecule has 0 spiro atoms. The summed E-state index contributed by atoms with van der Waals surface area (Å²) in [7, 11) is 0. The number of H-pyrrole nitrogens is 1. The molecule has 2 rings (SSSR count). The average Bonchev–Trinajstić information content (AvgIpc) is 2.41. The molecule has 104 valence electrons. The number of hydrogen-bond donors (Lipinski definition) is 2. The second-order valence-corrected chi connectivity index (χ2v) is 4.30. The quantitative estimate of drug-likeness (QED) is 0.903. The van der Waals surface area contributed by atoms with Crippen molar-refractivity contribution in [3.05, 3.63) is 69.6 Å². The minimum absolute atomic E-state index is 0.104. The van der Waals surface area contributed by atoms with E-state index in [2.05, 4.69) is 10.3 Å². The van der Waals surface area contributed by atoms with Crippen LogP contribution >= 0.6 is 0 Å². The lowest BCUT2D eigenvalue weighted by Crippen LogP contribution is -2.28. The minimum Gasteiger partial charge on any atom is -0.344 e. The topological polar surface area (TPSA) is 62.0 Å². The second kappa shape index (κ2) is 5.64. The molecular formula is C14H12F2N2O2. The van der Waals surface area contributed by atoms with Gasteiger partial charge in [-0.2, -0.15) is 0 Å². The Bertz CT molecular complexity index is 698. The maximum Gasteiger partial charge on any atom is 0.268 e. The van der Waals surface area contributed by atoms with Crippen LogP contribution in [-0.2, 0) is 0 Å². The molecule has 1 aromatic heterocycles. The zero-order chi connectivity index (χ0) is 14.7. The first kappa shape index (κ1) is 13.9. The van der Waals surface area contributed by atoms with Crippen molar-refractivity contribution in [3.8, 4) is 0 Å². The first-order chi connectivity index (χ1) is 9.47. The predicted molar refractivity (Wildman–Crippen MR) is 69.3 cm³/mol. The van der Waals surface area contributed by atoms with Gasteiger partial charge in [-0.15, -0.1) is 0 Å². The molecule has 2 N–H and O–H groups in total. The molecule has 1 atom stereocenters. The monoisotopic (exact) mass is 278 g/mol. The van der Waals surface area contributed by atoms with Crippen LogP contribution in [0.2, 0.25) is 0 Å². The van der Waals surface area contributed by atoms with Crippen molar-refractivity contribution in [2.45, 2.75) is 13.0 Å². The van der Waals surface area contributed by atoms with E-state index in [9.17, 15) is 18.4 Å². The Labute approximate surface area is 113 Å². The van der Waals surface area contributed by atoms with Crippen molar-refractivity contribution in [1.29, 1.82) is 0 Å². The van der Waals surface area contributed by atoms with E-state index in [1.54, 1.807) is 6.92 Å². The average molecular weight is 278 g/mol. The highest BCUT2D eigenvalue weighted by Gasteiger charge is 2.13. The van der Waals surface area contributed by atoms with Gasteiger partial charge in [0.25, 0.3) is 5.91 Å². The second-order valence-electron chi connectivity index (χ2n) is 4.30. The van der Waals surface area contributed by atoms with Gasteiger partial charge in [0.2, 0.25) is 5.56 Å². The van der Waals surface area contributed by atoms with E-state index in [0.717, 1.165) is 12.1 Å². The lowest BCUT2D eigenvalue weighted by atomic mass is 10.1. The van der Waals surface area contributed by atoms with Gasteiger partial charge in [0.15, 0.2) is 11.6 Å². The number of aromatic amines is 1. The smallest absolute Gasteiger partial charge is 0.268 e. The van der Waals surface area contributed by atoms with Crippen molar-refractivity contribution >= 4 is 5.91 Å². The Morgan fingerprint density at radius 2 is 1.95 bits per heavy atom. The van der Waals surface area contributed by atoms with Gasteiger partial charge in [-0.3, -0.25) is 9.59 Å². The van der Waals surface area contributed by atoms with E-state index in [4.69, 9.17) is 0 Å². The minimum atomic E-state index is -0.975. The molecule has 2 aromatic rings. The third-order valence-corrected chi connectivity index (χ3v) is 2.80. The normalized spacial score (nSPS) is 11.9. The zero-order valence-corrected chi connectivity index (χ0v) is 10.6. The van der Waals surface area contributed by atoms with Crippen LogP contribution in [0, 0.1) is 11.6 Å². The molecule has 4 nitrogen and oxygen atoms in total. The summed E-state index contributed by atoms with van der Waals surface area (Å²) in [6, 6.07) is 7.07. The number of hydrogen-bond acceptors (Lipinski definition) is 2. The van der Waals surface area contributed by atoms with Gasteiger partial charge in [-0.05, 0) is 30.7 Å².